The van der Waals surface area contributed by atoms with Crippen molar-refractivity contribution >= 4 is 23.4 Å². The normalized spacial score (nSPS) is 26.5. The minimum Gasteiger partial charge on any atom is -0.343 e. The number of amides is 2. The highest BCUT2D eigenvalue weighted by Gasteiger charge is 2.41. The molecule has 0 saturated carbocycles. The highest BCUT2D eigenvalue weighted by Crippen LogP contribution is 2.21. The van der Waals surface area contributed by atoms with Gasteiger partial charge in [0.25, 0.3) is 0 Å². The number of rotatable bonds is 2. The maximum absolute atomic E-state index is 12.1. The lowest BCUT2D eigenvalue weighted by molar-refractivity contribution is -0.152. The van der Waals surface area contributed by atoms with E-state index in [0.717, 1.165) is 17.1 Å². The SMILES string of the molecule is C[C@H]1NC(=O)[C@H]2CN(Cc3ccccc3Cl)CCN2C1=O. The summed E-state index contributed by atoms with van der Waals surface area (Å²) in [4.78, 5) is 28.1. The van der Waals surface area contributed by atoms with Gasteiger partial charge in [0, 0.05) is 31.2 Å². The van der Waals surface area contributed by atoms with Crippen LogP contribution in [0, 0.1) is 0 Å². The van der Waals surface area contributed by atoms with E-state index in [0.29, 0.717) is 19.6 Å². The second kappa shape index (κ2) is 5.66. The summed E-state index contributed by atoms with van der Waals surface area (Å²) in [5, 5.41) is 3.48. The molecule has 0 bridgehead atoms. The summed E-state index contributed by atoms with van der Waals surface area (Å²) in [7, 11) is 0. The average molecular weight is 308 g/mol. The minimum absolute atomic E-state index is 0.0111. The Hall–Kier alpha value is -1.59. The van der Waals surface area contributed by atoms with E-state index in [-0.39, 0.29) is 17.9 Å². The summed E-state index contributed by atoms with van der Waals surface area (Å²) in [6, 6.07) is 6.91. The first-order chi connectivity index (χ1) is 10.1. The van der Waals surface area contributed by atoms with E-state index >= 15 is 0 Å². The molecule has 2 aliphatic rings. The van der Waals surface area contributed by atoms with Gasteiger partial charge in [-0.25, -0.2) is 0 Å². The molecule has 2 atom stereocenters. The molecule has 2 fully saturated rings. The molecular formula is C15H18ClN3O2. The van der Waals surface area contributed by atoms with Crippen LogP contribution in [-0.2, 0) is 16.1 Å². The van der Waals surface area contributed by atoms with Gasteiger partial charge in [-0.05, 0) is 18.6 Å². The summed E-state index contributed by atoms with van der Waals surface area (Å²) in [6.45, 7) is 4.32. The summed E-state index contributed by atoms with van der Waals surface area (Å²) >= 11 is 6.18. The molecule has 0 aromatic heterocycles. The van der Waals surface area contributed by atoms with Crippen molar-refractivity contribution in [3.05, 3.63) is 34.9 Å². The molecule has 0 radical (unpaired) electrons. The van der Waals surface area contributed by atoms with Crippen molar-refractivity contribution < 1.29 is 9.59 Å². The van der Waals surface area contributed by atoms with Crippen LogP contribution in [0.2, 0.25) is 5.02 Å². The highest BCUT2D eigenvalue weighted by molar-refractivity contribution is 6.31. The number of carbonyl (C=O) groups is 2. The number of benzene rings is 1. The number of nitrogens with one attached hydrogen (secondary N) is 1. The Morgan fingerprint density at radius 1 is 1.29 bits per heavy atom. The molecule has 112 valence electrons. The molecule has 6 heteroatoms. The molecule has 0 spiro atoms. The minimum atomic E-state index is -0.413. The molecule has 2 aliphatic heterocycles. The predicted molar refractivity (Wildman–Crippen MR) is 79.8 cm³/mol. The number of carbonyl (C=O) groups excluding carboxylic acids is 2. The number of fused-ring (bicyclic) bond motifs is 1. The lowest BCUT2D eigenvalue weighted by atomic mass is 10.0. The molecule has 1 aromatic rings. The first-order valence-electron chi connectivity index (χ1n) is 7.13. The zero-order valence-corrected chi connectivity index (χ0v) is 12.6. The van der Waals surface area contributed by atoms with Crippen molar-refractivity contribution in [1.29, 1.82) is 0 Å². The number of hydrogen-bond acceptors (Lipinski definition) is 3. The number of piperazine rings is 2. The van der Waals surface area contributed by atoms with E-state index in [2.05, 4.69) is 10.2 Å². The van der Waals surface area contributed by atoms with E-state index in [1.54, 1.807) is 11.8 Å². The molecule has 2 amide bonds. The number of hydrogen-bond donors (Lipinski definition) is 1. The Morgan fingerprint density at radius 2 is 2.05 bits per heavy atom. The van der Waals surface area contributed by atoms with Crippen LogP contribution < -0.4 is 5.32 Å². The second-order valence-corrected chi connectivity index (χ2v) is 6.01. The largest absolute Gasteiger partial charge is 0.343 e. The van der Waals surface area contributed by atoms with Crippen LogP contribution >= 0.6 is 11.6 Å². The third-order valence-corrected chi connectivity index (χ3v) is 4.50. The van der Waals surface area contributed by atoms with Gasteiger partial charge in [-0.1, -0.05) is 29.8 Å². The van der Waals surface area contributed by atoms with E-state index in [9.17, 15) is 9.59 Å². The van der Waals surface area contributed by atoms with Gasteiger partial charge in [-0.2, -0.15) is 0 Å². The van der Waals surface area contributed by atoms with E-state index in [4.69, 9.17) is 11.6 Å². The Morgan fingerprint density at radius 3 is 2.81 bits per heavy atom. The molecule has 0 aliphatic carbocycles. The van der Waals surface area contributed by atoms with Crippen molar-refractivity contribution in [3.8, 4) is 0 Å². The molecule has 21 heavy (non-hydrogen) atoms. The Bertz CT molecular complexity index is 578. The lowest BCUT2D eigenvalue weighted by Crippen LogP contribution is -2.68. The Kier molecular flexibility index (Phi) is 3.87. The van der Waals surface area contributed by atoms with Crippen LogP contribution in [-0.4, -0.2) is 53.3 Å². The van der Waals surface area contributed by atoms with Crippen LogP contribution in [0.25, 0.3) is 0 Å². The third-order valence-electron chi connectivity index (χ3n) is 4.13. The molecule has 2 heterocycles. The second-order valence-electron chi connectivity index (χ2n) is 5.60. The van der Waals surface area contributed by atoms with Gasteiger partial charge >= 0.3 is 0 Å². The van der Waals surface area contributed by atoms with E-state index in [1.165, 1.54) is 0 Å². The zero-order chi connectivity index (χ0) is 15.0. The van der Waals surface area contributed by atoms with Gasteiger partial charge in [0.2, 0.25) is 11.8 Å². The molecule has 0 unspecified atom stereocenters. The van der Waals surface area contributed by atoms with Gasteiger partial charge in [0.15, 0.2) is 0 Å². The van der Waals surface area contributed by atoms with Gasteiger partial charge in [0.1, 0.15) is 12.1 Å². The highest BCUT2D eigenvalue weighted by atomic mass is 35.5. The van der Waals surface area contributed by atoms with Crippen molar-refractivity contribution in [1.82, 2.24) is 15.1 Å². The maximum atomic E-state index is 12.1. The van der Waals surface area contributed by atoms with Gasteiger partial charge in [-0.15, -0.1) is 0 Å². The fourth-order valence-corrected chi connectivity index (χ4v) is 3.15. The van der Waals surface area contributed by atoms with Crippen LogP contribution in [0.3, 0.4) is 0 Å². The summed E-state index contributed by atoms with van der Waals surface area (Å²) in [6.07, 6.45) is 0. The summed E-state index contributed by atoms with van der Waals surface area (Å²) < 4.78 is 0. The van der Waals surface area contributed by atoms with Crippen molar-refractivity contribution in [2.24, 2.45) is 0 Å². The van der Waals surface area contributed by atoms with Crippen LogP contribution in [0.1, 0.15) is 12.5 Å². The Balaban J connectivity index is 1.71. The molecule has 5 nitrogen and oxygen atoms in total. The summed E-state index contributed by atoms with van der Waals surface area (Å²) in [5.41, 5.74) is 1.04. The van der Waals surface area contributed by atoms with Crippen molar-refractivity contribution in [2.75, 3.05) is 19.6 Å². The quantitative estimate of drug-likeness (QED) is 0.882. The Labute approximate surface area is 128 Å². The maximum Gasteiger partial charge on any atom is 0.245 e. The van der Waals surface area contributed by atoms with Crippen molar-refractivity contribution in [2.45, 2.75) is 25.6 Å². The zero-order valence-electron chi connectivity index (χ0n) is 11.9. The fraction of sp³-hybridized carbons (Fsp3) is 0.467. The summed E-state index contributed by atoms with van der Waals surface area (Å²) in [5.74, 6) is -0.0528. The molecule has 2 saturated heterocycles. The third kappa shape index (κ3) is 2.76. The van der Waals surface area contributed by atoms with Gasteiger partial charge < -0.3 is 10.2 Å². The monoisotopic (exact) mass is 307 g/mol. The van der Waals surface area contributed by atoms with Gasteiger partial charge in [0.05, 0.1) is 0 Å². The van der Waals surface area contributed by atoms with E-state index in [1.807, 2.05) is 24.3 Å². The van der Waals surface area contributed by atoms with Crippen LogP contribution in [0.15, 0.2) is 24.3 Å². The molecule has 1 aromatic carbocycles. The van der Waals surface area contributed by atoms with Crippen molar-refractivity contribution in [3.63, 3.8) is 0 Å². The smallest absolute Gasteiger partial charge is 0.245 e. The topological polar surface area (TPSA) is 52.7 Å². The first kappa shape index (κ1) is 14.4. The standard InChI is InChI=1S/C15H18ClN3O2/c1-10-15(21)19-7-6-18(9-13(19)14(20)17-10)8-11-4-2-3-5-12(11)16/h2-5,10,13H,6-9H2,1H3,(H,17,20)/t10-,13-/m1/s1. The lowest BCUT2D eigenvalue weighted by Gasteiger charge is -2.44. The predicted octanol–water partition coefficient (Wildman–Crippen LogP) is 0.871. The van der Waals surface area contributed by atoms with Crippen LogP contribution in [0.4, 0.5) is 0 Å². The number of halogens is 1. The van der Waals surface area contributed by atoms with Gasteiger partial charge in [-0.3, -0.25) is 14.5 Å². The average Bonchev–Trinajstić information content (AvgIpc) is 2.47. The van der Waals surface area contributed by atoms with Crippen LogP contribution in [0.5, 0.6) is 0 Å². The van der Waals surface area contributed by atoms with E-state index < -0.39 is 6.04 Å². The molecule has 3 rings (SSSR count). The fourth-order valence-electron chi connectivity index (χ4n) is 2.96. The molecule has 1 N–H and O–H groups in total. The number of nitrogens with zero attached hydrogens (tertiary/aromatic N) is 2. The first-order valence-corrected chi connectivity index (χ1v) is 7.50. The molecular weight excluding hydrogens is 290 g/mol.